The van der Waals surface area contributed by atoms with Gasteiger partial charge >= 0.3 is 6.09 Å². The van der Waals surface area contributed by atoms with Gasteiger partial charge in [-0.2, -0.15) is 0 Å². The number of nitrogens with zero attached hydrogens (tertiary/aromatic N) is 1. The predicted molar refractivity (Wildman–Crippen MR) is 102 cm³/mol. The highest BCUT2D eigenvalue weighted by Gasteiger charge is 2.60. The first kappa shape index (κ1) is 18.5. The topological polar surface area (TPSA) is 49.8 Å². The van der Waals surface area contributed by atoms with E-state index in [4.69, 9.17) is 4.74 Å². The summed E-state index contributed by atoms with van der Waals surface area (Å²) in [5.74, 6) is 0. The van der Waals surface area contributed by atoms with Crippen molar-refractivity contribution in [2.45, 2.75) is 57.4 Å². The number of aliphatic hydroxyl groups is 1. The van der Waals surface area contributed by atoms with Gasteiger partial charge in [-0.15, -0.1) is 0 Å². The summed E-state index contributed by atoms with van der Waals surface area (Å²) in [6.45, 7) is 8.02. The second kappa shape index (κ2) is 6.44. The molecule has 1 aliphatic heterocycles. The van der Waals surface area contributed by atoms with Crippen molar-refractivity contribution in [2.24, 2.45) is 0 Å². The molecule has 0 spiro atoms. The molecule has 1 saturated heterocycles. The molecule has 138 valence electrons. The lowest BCUT2D eigenvalue weighted by Crippen LogP contribution is -2.56. The van der Waals surface area contributed by atoms with E-state index in [1.165, 1.54) is 4.90 Å². The summed E-state index contributed by atoms with van der Waals surface area (Å²) in [4.78, 5) is 14.0. The molecule has 4 nitrogen and oxygen atoms in total. The maximum atomic E-state index is 12.6. The summed E-state index contributed by atoms with van der Waals surface area (Å²) in [6.07, 6.45) is 0.0267. The van der Waals surface area contributed by atoms with E-state index in [9.17, 15) is 9.90 Å². The molecule has 1 fully saturated rings. The van der Waals surface area contributed by atoms with Gasteiger partial charge in [-0.05, 0) is 30.4 Å². The van der Waals surface area contributed by atoms with E-state index in [1.807, 2.05) is 55.5 Å². The molecule has 1 heterocycles. The Balaban J connectivity index is 1.86. The van der Waals surface area contributed by atoms with Crippen molar-refractivity contribution in [3.05, 3.63) is 71.8 Å². The Morgan fingerprint density at radius 3 is 2.12 bits per heavy atom. The van der Waals surface area contributed by atoms with Gasteiger partial charge in [0.25, 0.3) is 0 Å². The molecular formula is C22H27NO3. The lowest BCUT2D eigenvalue weighted by atomic mass is 9.72. The zero-order chi connectivity index (χ0) is 19.0. The summed E-state index contributed by atoms with van der Waals surface area (Å²) in [7, 11) is 0. The van der Waals surface area contributed by atoms with E-state index < -0.39 is 17.4 Å². The molecule has 1 aliphatic rings. The van der Waals surface area contributed by atoms with Gasteiger partial charge in [0.15, 0.2) is 11.3 Å². The predicted octanol–water partition coefficient (Wildman–Crippen LogP) is 4.47. The van der Waals surface area contributed by atoms with E-state index in [-0.39, 0.29) is 5.41 Å². The average molecular weight is 353 g/mol. The second-order valence-corrected chi connectivity index (χ2v) is 8.12. The third-order valence-corrected chi connectivity index (χ3v) is 5.58. The average Bonchev–Trinajstić information content (AvgIpc) is 2.75. The molecule has 0 aromatic heterocycles. The Labute approximate surface area is 155 Å². The fourth-order valence-electron chi connectivity index (χ4n) is 3.83. The molecule has 4 heteroatoms. The van der Waals surface area contributed by atoms with Gasteiger partial charge in [0.2, 0.25) is 0 Å². The molecule has 3 rings (SSSR count). The Bertz CT molecular complexity index is 770. The summed E-state index contributed by atoms with van der Waals surface area (Å²) in [5, 5.41) is 11.3. The van der Waals surface area contributed by atoms with E-state index in [1.54, 1.807) is 6.92 Å². The minimum absolute atomic E-state index is 0.261. The van der Waals surface area contributed by atoms with Crippen LogP contribution in [0.5, 0.6) is 0 Å². The molecule has 2 aromatic carbocycles. The first-order valence-corrected chi connectivity index (χ1v) is 8.98. The van der Waals surface area contributed by atoms with Gasteiger partial charge < -0.3 is 9.84 Å². The van der Waals surface area contributed by atoms with E-state index in [0.29, 0.717) is 13.0 Å². The third-order valence-electron chi connectivity index (χ3n) is 5.58. The smallest absolute Gasteiger partial charge is 0.413 e. The summed E-state index contributed by atoms with van der Waals surface area (Å²) in [5.41, 5.74) is -0.585. The number of hydrogen-bond acceptors (Lipinski definition) is 3. The van der Waals surface area contributed by atoms with Crippen LogP contribution in [0.2, 0.25) is 0 Å². The largest absolute Gasteiger partial charge is 0.438 e. The first-order chi connectivity index (χ1) is 12.2. The van der Waals surface area contributed by atoms with Crippen molar-refractivity contribution in [1.82, 2.24) is 4.90 Å². The van der Waals surface area contributed by atoms with Gasteiger partial charge in [-0.25, -0.2) is 4.79 Å². The number of cyclic esters (lactones) is 1. The van der Waals surface area contributed by atoms with Crippen LogP contribution < -0.4 is 0 Å². The molecule has 26 heavy (non-hydrogen) atoms. The van der Waals surface area contributed by atoms with Crippen LogP contribution in [0.15, 0.2) is 60.7 Å². The van der Waals surface area contributed by atoms with Crippen LogP contribution in [0.1, 0.15) is 45.2 Å². The van der Waals surface area contributed by atoms with E-state index in [2.05, 4.69) is 26.0 Å². The van der Waals surface area contributed by atoms with Crippen LogP contribution in [0, 0.1) is 0 Å². The van der Waals surface area contributed by atoms with Crippen molar-refractivity contribution < 1.29 is 14.6 Å². The number of amides is 1. The van der Waals surface area contributed by atoms with Crippen LogP contribution in [0.4, 0.5) is 4.79 Å². The van der Waals surface area contributed by atoms with Crippen molar-refractivity contribution in [2.75, 3.05) is 0 Å². The zero-order valence-corrected chi connectivity index (χ0v) is 15.9. The lowest BCUT2D eigenvalue weighted by Gasteiger charge is -2.42. The maximum Gasteiger partial charge on any atom is 0.413 e. The number of carbonyl (C=O) groups is 1. The zero-order valence-electron chi connectivity index (χ0n) is 15.9. The molecule has 1 N–H and O–H groups in total. The van der Waals surface area contributed by atoms with Gasteiger partial charge in [0.05, 0.1) is 6.54 Å². The Morgan fingerprint density at radius 2 is 1.54 bits per heavy atom. The minimum atomic E-state index is -1.41. The number of hydrogen-bond donors (Lipinski definition) is 1. The molecule has 0 unspecified atom stereocenters. The van der Waals surface area contributed by atoms with Crippen LogP contribution in [0.25, 0.3) is 0 Å². The van der Waals surface area contributed by atoms with Gasteiger partial charge in [0.1, 0.15) is 0 Å². The van der Waals surface area contributed by atoms with Gasteiger partial charge in [0, 0.05) is 6.42 Å². The van der Waals surface area contributed by atoms with Crippen molar-refractivity contribution in [3.63, 3.8) is 0 Å². The quantitative estimate of drug-likeness (QED) is 0.862. The maximum absolute atomic E-state index is 12.6. The van der Waals surface area contributed by atoms with Crippen molar-refractivity contribution in [1.29, 1.82) is 0 Å². The molecule has 0 saturated carbocycles. The van der Waals surface area contributed by atoms with Crippen LogP contribution in [-0.4, -0.2) is 27.4 Å². The second-order valence-electron chi connectivity index (χ2n) is 8.12. The molecule has 0 aliphatic carbocycles. The molecule has 1 amide bonds. The van der Waals surface area contributed by atoms with Gasteiger partial charge in [-0.3, -0.25) is 4.90 Å². The van der Waals surface area contributed by atoms with E-state index in [0.717, 1.165) is 11.1 Å². The van der Waals surface area contributed by atoms with Crippen LogP contribution in [-0.2, 0) is 16.7 Å². The standard InChI is InChI=1S/C22H27NO3/c1-20(2,18-13-9-6-10-14-18)16-21(3)22(4,25)23(19(24)26-21)15-17-11-7-5-8-12-17/h5-14,25H,15-16H2,1-4H3/t21-,22+/m1/s1. The van der Waals surface area contributed by atoms with Crippen molar-refractivity contribution in [3.8, 4) is 0 Å². The molecule has 0 bridgehead atoms. The van der Waals surface area contributed by atoms with Crippen molar-refractivity contribution >= 4 is 6.09 Å². The third kappa shape index (κ3) is 3.21. The van der Waals surface area contributed by atoms with E-state index >= 15 is 0 Å². The van der Waals surface area contributed by atoms with Gasteiger partial charge in [-0.1, -0.05) is 74.5 Å². The molecule has 2 aromatic rings. The first-order valence-electron chi connectivity index (χ1n) is 8.98. The number of rotatable bonds is 5. The number of ether oxygens (including phenoxy) is 1. The monoisotopic (exact) mass is 353 g/mol. The SMILES string of the molecule is CC(C)(C[C@@]1(C)OC(=O)N(Cc2ccccc2)[C@@]1(C)O)c1ccccc1. The highest BCUT2D eigenvalue weighted by Crippen LogP contribution is 2.45. The molecular weight excluding hydrogens is 326 g/mol. The molecule has 2 atom stereocenters. The molecule has 0 radical (unpaired) electrons. The Hall–Kier alpha value is -2.33. The Kier molecular flexibility index (Phi) is 4.57. The minimum Gasteiger partial charge on any atom is -0.438 e. The summed E-state index contributed by atoms with van der Waals surface area (Å²) >= 11 is 0. The number of carbonyl (C=O) groups excluding carboxylic acids is 1. The summed E-state index contributed by atoms with van der Waals surface area (Å²) < 4.78 is 5.74. The fraction of sp³-hybridized carbons (Fsp3) is 0.409. The normalized spacial score (nSPS) is 26.0. The number of benzene rings is 2. The summed E-state index contributed by atoms with van der Waals surface area (Å²) in [6, 6.07) is 19.8. The lowest BCUT2D eigenvalue weighted by molar-refractivity contribution is -0.147. The highest BCUT2D eigenvalue weighted by molar-refractivity contribution is 5.72. The van der Waals surface area contributed by atoms with Crippen LogP contribution >= 0.6 is 0 Å². The Morgan fingerprint density at radius 1 is 1.00 bits per heavy atom. The van der Waals surface area contributed by atoms with Crippen LogP contribution in [0.3, 0.4) is 0 Å². The fourth-order valence-corrected chi connectivity index (χ4v) is 3.83. The highest BCUT2D eigenvalue weighted by atomic mass is 16.6.